The lowest BCUT2D eigenvalue weighted by molar-refractivity contribution is -0.137. The molecule has 0 aliphatic heterocycles. The van der Waals surface area contributed by atoms with E-state index in [-0.39, 0.29) is 12.3 Å². The van der Waals surface area contributed by atoms with Crippen molar-refractivity contribution in [3.8, 4) is 5.75 Å². The van der Waals surface area contributed by atoms with Crippen LogP contribution in [0.2, 0.25) is 0 Å². The highest BCUT2D eigenvalue weighted by atomic mass is 79.9. The number of carboxylic acids is 1. The summed E-state index contributed by atoms with van der Waals surface area (Å²) in [7, 11) is 0. The first-order chi connectivity index (χ1) is 8.34. The van der Waals surface area contributed by atoms with Gasteiger partial charge in [0.1, 0.15) is 5.75 Å². The van der Waals surface area contributed by atoms with Crippen LogP contribution >= 0.6 is 15.9 Å². The van der Waals surface area contributed by atoms with Crippen molar-refractivity contribution in [3.05, 3.63) is 27.2 Å². The van der Waals surface area contributed by atoms with Gasteiger partial charge in [-0.05, 0) is 48.4 Å². The van der Waals surface area contributed by atoms with E-state index in [0.717, 1.165) is 21.2 Å². The molecule has 1 aromatic rings. The third-order valence-corrected chi connectivity index (χ3v) is 3.92. The average Bonchev–Trinajstić information content (AvgIpc) is 2.27. The first-order valence-electron chi connectivity index (χ1n) is 6.07. The lowest BCUT2D eigenvalue weighted by Gasteiger charge is -2.16. The normalized spacial score (nSPS) is 10.9. The van der Waals surface area contributed by atoms with Gasteiger partial charge in [-0.25, -0.2) is 0 Å². The molecule has 0 aliphatic carbocycles. The third kappa shape index (κ3) is 3.48. The molecule has 0 aliphatic rings. The van der Waals surface area contributed by atoms with Gasteiger partial charge >= 0.3 is 5.97 Å². The van der Waals surface area contributed by atoms with Gasteiger partial charge in [-0.1, -0.05) is 29.8 Å². The van der Waals surface area contributed by atoms with Crippen LogP contribution in [0.3, 0.4) is 0 Å². The summed E-state index contributed by atoms with van der Waals surface area (Å²) >= 11 is 3.49. The maximum atomic E-state index is 10.5. The second-order valence-electron chi connectivity index (χ2n) is 4.80. The minimum absolute atomic E-state index is 0.127. The van der Waals surface area contributed by atoms with E-state index in [4.69, 9.17) is 5.11 Å². The zero-order valence-corrected chi connectivity index (χ0v) is 12.5. The molecule has 0 aromatic heterocycles. The quantitative estimate of drug-likeness (QED) is 0.863. The van der Waals surface area contributed by atoms with Gasteiger partial charge in [-0.3, -0.25) is 4.79 Å². The van der Waals surface area contributed by atoms with Crippen LogP contribution in [0.25, 0.3) is 0 Å². The maximum Gasteiger partial charge on any atom is 0.303 e. The van der Waals surface area contributed by atoms with Crippen molar-refractivity contribution in [1.29, 1.82) is 0 Å². The Bertz CT molecular complexity index is 453. The van der Waals surface area contributed by atoms with E-state index in [1.807, 2.05) is 26.8 Å². The number of aliphatic carboxylic acids is 1. The number of phenolic OH excluding ortho intramolecular Hbond substituents is 1. The van der Waals surface area contributed by atoms with Crippen molar-refractivity contribution in [2.45, 2.75) is 46.0 Å². The number of hydrogen-bond donors (Lipinski definition) is 2. The molecule has 2 N–H and O–H groups in total. The lowest BCUT2D eigenvalue weighted by Crippen LogP contribution is -2.00. The smallest absolute Gasteiger partial charge is 0.303 e. The molecule has 0 atom stereocenters. The van der Waals surface area contributed by atoms with Crippen molar-refractivity contribution >= 4 is 21.9 Å². The Labute approximate surface area is 116 Å². The minimum atomic E-state index is -0.800. The van der Waals surface area contributed by atoms with Crippen molar-refractivity contribution in [2.24, 2.45) is 0 Å². The second kappa shape index (κ2) is 6.23. The summed E-state index contributed by atoms with van der Waals surface area (Å²) in [4.78, 5) is 10.5. The van der Waals surface area contributed by atoms with Gasteiger partial charge in [0.2, 0.25) is 0 Å². The number of carbonyl (C=O) groups is 1. The molecule has 3 nitrogen and oxygen atoms in total. The summed E-state index contributed by atoms with van der Waals surface area (Å²) < 4.78 is 0.967. The number of halogens is 1. The zero-order chi connectivity index (χ0) is 13.9. The summed E-state index contributed by atoms with van der Waals surface area (Å²) in [5, 5.41) is 18.9. The Hall–Kier alpha value is -1.03. The Morgan fingerprint density at radius 2 is 2.06 bits per heavy atom. The number of aromatic hydroxyl groups is 1. The van der Waals surface area contributed by atoms with Gasteiger partial charge in [-0.15, -0.1) is 0 Å². The van der Waals surface area contributed by atoms with E-state index < -0.39 is 5.97 Å². The fourth-order valence-corrected chi connectivity index (χ4v) is 2.46. The molecule has 0 amide bonds. The maximum absolute atomic E-state index is 10.5. The number of carboxylic acid groups (broad SMARTS) is 1. The molecular formula is C14H19BrO3. The molecule has 0 spiro atoms. The van der Waals surface area contributed by atoms with E-state index in [1.54, 1.807) is 0 Å². The fourth-order valence-electron chi connectivity index (χ4n) is 1.97. The molecule has 18 heavy (non-hydrogen) atoms. The Balaban J connectivity index is 3.05. The SMILES string of the molecule is Cc1c(Br)cc(C(C)C)c(O)c1CCCC(=O)O. The van der Waals surface area contributed by atoms with Crippen molar-refractivity contribution in [2.75, 3.05) is 0 Å². The van der Waals surface area contributed by atoms with Crippen LogP contribution in [-0.4, -0.2) is 16.2 Å². The van der Waals surface area contributed by atoms with Crippen molar-refractivity contribution in [1.82, 2.24) is 0 Å². The standard InChI is InChI=1S/C14H19BrO3/c1-8(2)11-7-12(15)9(3)10(14(11)18)5-4-6-13(16)17/h7-8,18H,4-6H2,1-3H3,(H,16,17). The summed E-state index contributed by atoms with van der Waals surface area (Å²) in [5.74, 6) is -0.248. The largest absolute Gasteiger partial charge is 0.507 e. The number of benzene rings is 1. The summed E-state index contributed by atoms with van der Waals surface area (Å²) in [6, 6.07) is 1.94. The van der Waals surface area contributed by atoms with Crippen LogP contribution in [0.1, 0.15) is 49.3 Å². The second-order valence-corrected chi connectivity index (χ2v) is 5.66. The molecule has 4 heteroatoms. The topological polar surface area (TPSA) is 57.5 Å². The van der Waals surface area contributed by atoms with Crippen LogP contribution in [0, 0.1) is 6.92 Å². The lowest BCUT2D eigenvalue weighted by atomic mass is 9.93. The van der Waals surface area contributed by atoms with Gasteiger partial charge in [0, 0.05) is 10.9 Å². The van der Waals surface area contributed by atoms with Gasteiger partial charge in [0.25, 0.3) is 0 Å². The molecule has 0 bridgehead atoms. The van der Waals surface area contributed by atoms with E-state index in [2.05, 4.69) is 15.9 Å². The zero-order valence-electron chi connectivity index (χ0n) is 11.0. The molecule has 0 heterocycles. The van der Waals surface area contributed by atoms with Gasteiger partial charge < -0.3 is 10.2 Å². The number of hydrogen-bond acceptors (Lipinski definition) is 2. The highest BCUT2D eigenvalue weighted by molar-refractivity contribution is 9.10. The van der Waals surface area contributed by atoms with Gasteiger partial charge in [0.05, 0.1) is 0 Å². The Morgan fingerprint density at radius 1 is 1.44 bits per heavy atom. The minimum Gasteiger partial charge on any atom is -0.507 e. The Kier molecular flexibility index (Phi) is 5.20. The molecule has 0 unspecified atom stereocenters. The van der Waals surface area contributed by atoms with Crippen molar-refractivity contribution in [3.63, 3.8) is 0 Å². The van der Waals surface area contributed by atoms with Crippen LogP contribution in [0.15, 0.2) is 10.5 Å². The van der Waals surface area contributed by atoms with Gasteiger partial charge in [0.15, 0.2) is 0 Å². The predicted molar refractivity (Wildman–Crippen MR) is 75.2 cm³/mol. The van der Waals surface area contributed by atoms with Crippen LogP contribution in [0.4, 0.5) is 0 Å². The molecular weight excluding hydrogens is 296 g/mol. The first-order valence-corrected chi connectivity index (χ1v) is 6.86. The van der Waals surface area contributed by atoms with Gasteiger partial charge in [-0.2, -0.15) is 0 Å². The van der Waals surface area contributed by atoms with Crippen LogP contribution in [0.5, 0.6) is 5.75 Å². The number of phenols is 1. The van der Waals surface area contributed by atoms with E-state index in [1.165, 1.54) is 0 Å². The molecule has 0 saturated carbocycles. The van der Waals surface area contributed by atoms with Crippen LogP contribution in [-0.2, 0) is 11.2 Å². The molecule has 0 fully saturated rings. The molecule has 0 radical (unpaired) electrons. The number of rotatable bonds is 5. The monoisotopic (exact) mass is 314 g/mol. The molecule has 100 valence electrons. The third-order valence-electron chi connectivity index (χ3n) is 3.09. The first kappa shape index (κ1) is 15.0. The highest BCUT2D eigenvalue weighted by Gasteiger charge is 2.15. The summed E-state index contributed by atoms with van der Waals surface area (Å²) in [5.41, 5.74) is 2.74. The average molecular weight is 315 g/mol. The van der Waals surface area contributed by atoms with E-state index in [0.29, 0.717) is 18.6 Å². The summed E-state index contributed by atoms with van der Waals surface area (Å²) in [6.45, 7) is 5.99. The molecule has 1 aromatic carbocycles. The highest BCUT2D eigenvalue weighted by Crippen LogP contribution is 2.36. The summed E-state index contributed by atoms with van der Waals surface area (Å²) in [6.07, 6.45) is 1.25. The predicted octanol–water partition coefficient (Wildman–Crippen LogP) is 3.99. The van der Waals surface area contributed by atoms with E-state index in [9.17, 15) is 9.90 Å². The van der Waals surface area contributed by atoms with Crippen LogP contribution < -0.4 is 0 Å². The van der Waals surface area contributed by atoms with Crippen molar-refractivity contribution < 1.29 is 15.0 Å². The molecule has 1 rings (SSSR count). The Morgan fingerprint density at radius 3 is 2.56 bits per heavy atom. The molecule has 0 saturated heterocycles. The fraction of sp³-hybridized carbons (Fsp3) is 0.500. The van der Waals surface area contributed by atoms with E-state index >= 15 is 0 Å².